The molecule has 1 aromatic rings. The largest absolute Gasteiger partial charge is 0.293 e. The zero-order valence-corrected chi connectivity index (χ0v) is 10.9. The molecule has 0 aliphatic heterocycles. The van der Waals surface area contributed by atoms with E-state index in [1.54, 1.807) is 0 Å². The van der Waals surface area contributed by atoms with Crippen molar-refractivity contribution in [2.24, 2.45) is 5.41 Å². The number of benzene rings is 1. The summed E-state index contributed by atoms with van der Waals surface area (Å²) in [6.07, 6.45) is 4.62. The Balaban J connectivity index is 2.37. The van der Waals surface area contributed by atoms with Crippen LogP contribution in [0.15, 0.2) is 12.1 Å². The number of hydrogen-bond acceptors (Lipinski definition) is 1. The first-order chi connectivity index (χ1) is 8.46. The summed E-state index contributed by atoms with van der Waals surface area (Å²) in [4.78, 5) is 12.4. The highest BCUT2D eigenvalue weighted by Gasteiger charge is 2.36. The molecule has 1 aromatic carbocycles. The second-order valence-corrected chi connectivity index (χ2v) is 5.51. The Morgan fingerprint density at radius 2 is 1.72 bits per heavy atom. The maximum atomic E-state index is 13.8. The van der Waals surface area contributed by atoms with E-state index in [1.807, 2.05) is 6.92 Å². The number of hydrogen-bond donors (Lipinski definition) is 0. The van der Waals surface area contributed by atoms with Crippen molar-refractivity contribution < 1.29 is 13.6 Å². The average Bonchev–Trinajstić information content (AvgIpc) is 2.36. The van der Waals surface area contributed by atoms with Crippen LogP contribution in [0.2, 0.25) is 0 Å². The van der Waals surface area contributed by atoms with Gasteiger partial charge in [0, 0.05) is 5.41 Å². The molecule has 0 saturated heterocycles. The lowest BCUT2D eigenvalue weighted by atomic mass is 9.71. The van der Waals surface area contributed by atoms with Gasteiger partial charge in [-0.3, -0.25) is 4.79 Å². The molecule has 98 valence electrons. The third-order valence-electron chi connectivity index (χ3n) is 4.03. The molecule has 3 heteroatoms. The van der Waals surface area contributed by atoms with Crippen molar-refractivity contribution in [2.45, 2.75) is 46.0 Å². The smallest absolute Gasteiger partial charge is 0.171 e. The van der Waals surface area contributed by atoms with Crippen LogP contribution >= 0.6 is 0 Å². The van der Waals surface area contributed by atoms with Crippen molar-refractivity contribution in [3.8, 4) is 0 Å². The van der Waals surface area contributed by atoms with E-state index in [1.165, 1.54) is 19.1 Å². The van der Waals surface area contributed by atoms with Crippen molar-refractivity contribution in [3.05, 3.63) is 34.9 Å². The van der Waals surface area contributed by atoms with Crippen molar-refractivity contribution in [2.75, 3.05) is 0 Å². The topological polar surface area (TPSA) is 17.1 Å². The monoisotopic (exact) mass is 252 g/mol. The lowest BCUT2D eigenvalue weighted by Gasteiger charge is -2.32. The Morgan fingerprint density at radius 1 is 1.11 bits per heavy atom. The summed E-state index contributed by atoms with van der Waals surface area (Å²) in [6.45, 7) is 3.36. The van der Waals surface area contributed by atoms with Crippen molar-refractivity contribution in [1.29, 1.82) is 0 Å². The highest BCUT2D eigenvalue weighted by molar-refractivity contribution is 6.00. The first-order valence-electron chi connectivity index (χ1n) is 6.45. The molecule has 1 aliphatic rings. The van der Waals surface area contributed by atoms with E-state index in [2.05, 4.69) is 0 Å². The van der Waals surface area contributed by atoms with Gasteiger partial charge in [0.15, 0.2) is 17.4 Å². The van der Waals surface area contributed by atoms with Crippen molar-refractivity contribution in [3.63, 3.8) is 0 Å². The number of carbonyl (C=O) groups is 1. The fraction of sp³-hybridized carbons (Fsp3) is 0.533. The van der Waals surface area contributed by atoms with E-state index in [9.17, 15) is 13.6 Å². The molecule has 1 aliphatic carbocycles. The van der Waals surface area contributed by atoms with Gasteiger partial charge >= 0.3 is 0 Å². The molecule has 0 amide bonds. The summed E-state index contributed by atoms with van der Waals surface area (Å²) in [6, 6.07) is 2.88. The molecule has 0 N–H and O–H groups in total. The van der Waals surface area contributed by atoms with Crippen LogP contribution in [-0.4, -0.2) is 5.78 Å². The Morgan fingerprint density at radius 3 is 2.33 bits per heavy atom. The number of Topliss-reactive ketones (excluding diaryl/α,β-unsaturated/α-hetero) is 1. The van der Waals surface area contributed by atoms with E-state index >= 15 is 0 Å². The van der Waals surface area contributed by atoms with Crippen LogP contribution in [0.3, 0.4) is 0 Å². The molecule has 0 radical (unpaired) electrons. The molecule has 1 saturated carbocycles. The summed E-state index contributed by atoms with van der Waals surface area (Å²) in [5, 5.41) is 0. The van der Waals surface area contributed by atoms with Crippen LogP contribution in [-0.2, 0) is 0 Å². The van der Waals surface area contributed by atoms with Crippen LogP contribution in [0.4, 0.5) is 8.78 Å². The second kappa shape index (κ2) is 4.79. The molecule has 0 bridgehead atoms. The third kappa shape index (κ3) is 2.18. The molecule has 0 aromatic heterocycles. The number of halogens is 2. The lowest BCUT2D eigenvalue weighted by Crippen LogP contribution is -2.31. The minimum atomic E-state index is -0.994. The van der Waals surface area contributed by atoms with Gasteiger partial charge in [-0.15, -0.1) is 0 Å². The first-order valence-corrected chi connectivity index (χ1v) is 6.45. The van der Waals surface area contributed by atoms with E-state index < -0.39 is 17.0 Å². The van der Waals surface area contributed by atoms with Crippen molar-refractivity contribution >= 4 is 5.78 Å². The van der Waals surface area contributed by atoms with Crippen LogP contribution in [0.1, 0.15) is 54.9 Å². The van der Waals surface area contributed by atoms with Crippen LogP contribution in [0.25, 0.3) is 0 Å². The Hall–Kier alpha value is -1.25. The Bertz CT molecular complexity index is 474. The summed E-state index contributed by atoms with van der Waals surface area (Å²) >= 11 is 0. The molecule has 0 heterocycles. The SMILES string of the molecule is Cc1ccc(C(=O)C2(C)CCCCC2)c(F)c1F. The Kier molecular flexibility index (Phi) is 3.51. The third-order valence-corrected chi connectivity index (χ3v) is 4.03. The number of ketones is 1. The fourth-order valence-electron chi connectivity index (χ4n) is 2.71. The summed E-state index contributed by atoms with van der Waals surface area (Å²) in [7, 11) is 0. The van der Waals surface area contributed by atoms with E-state index in [0.29, 0.717) is 0 Å². The molecule has 1 fully saturated rings. The molecule has 18 heavy (non-hydrogen) atoms. The van der Waals surface area contributed by atoms with Gasteiger partial charge in [-0.25, -0.2) is 8.78 Å². The van der Waals surface area contributed by atoms with Crippen LogP contribution in [0.5, 0.6) is 0 Å². The van der Waals surface area contributed by atoms with Gasteiger partial charge in [0.25, 0.3) is 0 Å². The predicted octanol–water partition coefficient (Wildman–Crippen LogP) is 4.43. The number of carbonyl (C=O) groups excluding carboxylic acids is 1. The number of aryl methyl sites for hydroxylation is 1. The maximum Gasteiger partial charge on any atom is 0.171 e. The van der Waals surface area contributed by atoms with Gasteiger partial charge in [0.1, 0.15) is 0 Å². The number of rotatable bonds is 2. The van der Waals surface area contributed by atoms with E-state index in [0.717, 1.165) is 32.1 Å². The van der Waals surface area contributed by atoms with Gasteiger partial charge in [-0.05, 0) is 31.4 Å². The van der Waals surface area contributed by atoms with Crippen molar-refractivity contribution in [1.82, 2.24) is 0 Å². The molecule has 2 rings (SSSR count). The highest BCUT2D eigenvalue weighted by atomic mass is 19.2. The predicted molar refractivity (Wildman–Crippen MR) is 66.6 cm³/mol. The van der Waals surface area contributed by atoms with Crippen LogP contribution < -0.4 is 0 Å². The summed E-state index contributed by atoms with van der Waals surface area (Å²) in [5.41, 5.74) is -0.388. The van der Waals surface area contributed by atoms with E-state index in [4.69, 9.17) is 0 Å². The van der Waals surface area contributed by atoms with Gasteiger partial charge in [0.2, 0.25) is 0 Å². The molecule has 1 nitrogen and oxygen atoms in total. The standard InChI is InChI=1S/C15H18F2O/c1-10-6-7-11(13(17)12(10)16)14(18)15(2)8-4-3-5-9-15/h6-7H,3-5,8-9H2,1-2H3. The first kappa shape index (κ1) is 13.2. The normalized spacial score (nSPS) is 18.7. The highest BCUT2D eigenvalue weighted by Crippen LogP contribution is 2.39. The second-order valence-electron chi connectivity index (χ2n) is 5.51. The molecule has 0 atom stereocenters. The van der Waals surface area contributed by atoms with Gasteiger partial charge < -0.3 is 0 Å². The quantitative estimate of drug-likeness (QED) is 0.712. The maximum absolute atomic E-state index is 13.8. The zero-order chi connectivity index (χ0) is 13.3. The lowest BCUT2D eigenvalue weighted by molar-refractivity contribution is 0.0744. The van der Waals surface area contributed by atoms with Crippen LogP contribution in [0, 0.1) is 24.0 Å². The van der Waals surface area contributed by atoms with Gasteiger partial charge in [0.05, 0.1) is 5.56 Å². The Labute approximate surface area is 106 Å². The molecule has 0 spiro atoms. The minimum Gasteiger partial charge on any atom is -0.293 e. The zero-order valence-electron chi connectivity index (χ0n) is 10.9. The minimum absolute atomic E-state index is 0.0949. The average molecular weight is 252 g/mol. The van der Waals surface area contributed by atoms with Gasteiger partial charge in [-0.1, -0.05) is 32.3 Å². The molecular formula is C15H18F2O. The summed E-state index contributed by atoms with van der Waals surface area (Å²) < 4.78 is 27.4. The molecule has 0 unspecified atom stereocenters. The molecular weight excluding hydrogens is 234 g/mol. The van der Waals surface area contributed by atoms with E-state index in [-0.39, 0.29) is 16.9 Å². The summed E-state index contributed by atoms with van der Waals surface area (Å²) in [5.74, 6) is -2.15. The fourth-order valence-corrected chi connectivity index (χ4v) is 2.71. The van der Waals surface area contributed by atoms with Gasteiger partial charge in [-0.2, -0.15) is 0 Å².